The number of carbonyl (C=O) groups excluding carboxylic acids is 1. The first kappa shape index (κ1) is 14.1. The van der Waals surface area contributed by atoms with Crippen LogP contribution < -0.4 is 5.32 Å². The van der Waals surface area contributed by atoms with Gasteiger partial charge in [0.1, 0.15) is 5.76 Å². The van der Waals surface area contributed by atoms with Gasteiger partial charge in [0.2, 0.25) is 0 Å². The van der Waals surface area contributed by atoms with E-state index in [-0.39, 0.29) is 5.91 Å². The quantitative estimate of drug-likeness (QED) is 0.907. The van der Waals surface area contributed by atoms with E-state index in [0.29, 0.717) is 12.0 Å². The van der Waals surface area contributed by atoms with E-state index in [1.54, 1.807) is 12.3 Å². The lowest BCUT2D eigenvalue weighted by molar-refractivity contribution is 0.0644. The van der Waals surface area contributed by atoms with Gasteiger partial charge >= 0.3 is 0 Å². The lowest BCUT2D eigenvalue weighted by atomic mass is 9.93. The van der Waals surface area contributed by atoms with Crippen molar-refractivity contribution in [1.82, 2.24) is 10.2 Å². The first-order valence-corrected chi connectivity index (χ1v) is 7.26. The van der Waals surface area contributed by atoms with Crippen LogP contribution in [0, 0.1) is 5.92 Å². The van der Waals surface area contributed by atoms with Gasteiger partial charge in [-0.3, -0.25) is 4.79 Å². The van der Waals surface area contributed by atoms with Crippen molar-refractivity contribution >= 4 is 5.91 Å². The number of amides is 1. The Morgan fingerprint density at radius 2 is 2.32 bits per heavy atom. The second-order valence-electron chi connectivity index (χ2n) is 5.29. The summed E-state index contributed by atoms with van der Waals surface area (Å²) < 4.78 is 5.35. The van der Waals surface area contributed by atoms with E-state index in [1.165, 1.54) is 0 Å². The van der Waals surface area contributed by atoms with Crippen molar-refractivity contribution < 1.29 is 9.21 Å². The molecule has 0 saturated carbocycles. The molecule has 106 valence electrons. The second kappa shape index (κ2) is 6.24. The van der Waals surface area contributed by atoms with Gasteiger partial charge < -0.3 is 14.6 Å². The third kappa shape index (κ3) is 3.00. The fourth-order valence-electron chi connectivity index (χ4n) is 2.87. The molecule has 0 bridgehead atoms. The highest BCUT2D eigenvalue weighted by molar-refractivity contribution is 5.95. The molecule has 0 aromatic carbocycles. The van der Waals surface area contributed by atoms with Gasteiger partial charge in [-0.2, -0.15) is 0 Å². The number of nitrogens with zero attached hydrogens (tertiary/aromatic N) is 1. The molecule has 19 heavy (non-hydrogen) atoms. The predicted molar refractivity (Wildman–Crippen MR) is 75.2 cm³/mol. The summed E-state index contributed by atoms with van der Waals surface area (Å²) in [6.07, 6.45) is 3.40. The Balaban J connectivity index is 2.02. The highest BCUT2D eigenvalue weighted by Crippen LogP contribution is 2.21. The van der Waals surface area contributed by atoms with E-state index in [4.69, 9.17) is 4.42 Å². The summed E-state index contributed by atoms with van der Waals surface area (Å²) in [4.78, 5) is 14.5. The number of rotatable bonds is 4. The minimum absolute atomic E-state index is 0.118. The van der Waals surface area contributed by atoms with Gasteiger partial charge in [-0.1, -0.05) is 20.8 Å². The lowest BCUT2D eigenvalue weighted by Gasteiger charge is -2.37. The largest absolute Gasteiger partial charge is 0.469 e. The van der Waals surface area contributed by atoms with Crippen molar-refractivity contribution in [2.24, 2.45) is 5.92 Å². The molecular weight excluding hydrogens is 240 g/mol. The SMILES string of the molecule is CCNC1CCN(C(=O)c2ccoc2CC)CC1C. The summed E-state index contributed by atoms with van der Waals surface area (Å²) in [5.74, 6) is 1.41. The summed E-state index contributed by atoms with van der Waals surface area (Å²) in [5.41, 5.74) is 0.733. The number of nitrogens with one attached hydrogen (secondary N) is 1. The molecular formula is C15H24N2O2. The second-order valence-corrected chi connectivity index (χ2v) is 5.29. The highest BCUT2D eigenvalue weighted by Gasteiger charge is 2.29. The van der Waals surface area contributed by atoms with Crippen LogP contribution in [0.5, 0.6) is 0 Å². The molecule has 1 aliphatic heterocycles. The van der Waals surface area contributed by atoms with E-state index in [2.05, 4.69) is 19.2 Å². The zero-order valence-corrected chi connectivity index (χ0v) is 12.1. The van der Waals surface area contributed by atoms with Crippen molar-refractivity contribution in [1.29, 1.82) is 0 Å². The smallest absolute Gasteiger partial charge is 0.257 e. The molecule has 1 saturated heterocycles. The van der Waals surface area contributed by atoms with Crippen molar-refractivity contribution in [3.8, 4) is 0 Å². The van der Waals surface area contributed by atoms with Crippen LogP contribution in [0.4, 0.5) is 0 Å². The van der Waals surface area contributed by atoms with E-state index >= 15 is 0 Å². The fraction of sp³-hybridized carbons (Fsp3) is 0.667. The molecule has 4 heteroatoms. The number of piperidine rings is 1. The first-order chi connectivity index (χ1) is 9.17. The Bertz CT molecular complexity index is 428. The zero-order chi connectivity index (χ0) is 13.8. The van der Waals surface area contributed by atoms with Gasteiger partial charge in [0.15, 0.2) is 0 Å². The van der Waals surface area contributed by atoms with Crippen LogP contribution >= 0.6 is 0 Å². The molecule has 1 N–H and O–H groups in total. The molecule has 2 atom stereocenters. The minimum Gasteiger partial charge on any atom is -0.469 e. The third-order valence-electron chi connectivity index (χ3n) is 3.96. The third-order valence-corrected chi connectivity index (χ3v) is 3.96. The summed E-state index contributed by atoms with van der Waals surface area (Å²) in [7, 11) is 0. The van der Waals surface area contributed by atoms with Crippen LogP contribution in [0.1, 0.15) is 43.3 Å². The Hall–Kier alpha value is -1.29. The molecule has 2 unspecified atom stereocenters. The van der Waals surface area contributed by atoms with Gasteiger partial charge in [0.25, 0.3) is 5.91 Å². The molecule has 0 spiro atoms. The van der Waals surface area contributed by atoms with Crippen molar-refractivity contribution in [3.63, 3.8) is 0 Å². The van der Waals surface area contributed by atoms with E-state index in [1.807, 2.05) is 11.8 Å². The van der Waals surface area contributed by atoms with Gasteiger partial charge in [-0.15, -0.1) is 0 Å². The number of aryl methyl sites for hydroxylation is 1. The molecule has 1 fully saturated rings. The van der Waals surface area contributed by atoms with Gasteiger partial charge in [-0.05, 0) is 24.9 Å². The number of likely N-dealkylation sites (tertiary alicyclic amines) is 1. The van der Waals surface area contributed by atoms with Crippen LogP contribution in [0.15, 0.2) is 16.7 Å². The summed E-state index contributed by atoms with van der Waals surface area (Å²) in [5, 5.41) is 3.49. The fourth-order valence-corrected chi connectivity index (χ4v) is 2.87. The average Bonchev–Trinajstić information content (AvgIpc) is 2.88. The maximum atomic E-state index is 12.5. The maximum Gasteiger partial charge on any atom is 0.257 e. The molecule has 0 aliphatic carbocycles. The predicted octanol–water partition coefficient (Wildman–Crippen LogP) is 2.30. The van der Waals surface area contributed by atoms with Crippen LogP contribution in [0.3, 0.4) is 0 Å². The van der Waals surface area contributed by atoms with Gasteiger partial charge in [-0.25, -0.2) is 0 Å². The number of furan rings is 1. The minimum atomic E-state index is 0.118. The van der Waals surface area contributed by atoms with Crippen LogP contribution in [-0.4, -0.2) is 36.5 Å². The maximum absolute atomic E-state index is 12.5. The highest BCUT2D eigenvalue weighted by atomic mass is 16.3. The summed E-state index contributed by atoms with van der Waals surface area (Å²) in [6, 6.07) is 2.33. The molecule has 1 amide bonds. The molecule has 1 aromatic heterocycles. The topological polar surface area (TPSA) is 45.5 Å². The lowest BCUT2D eigenvalue weighted by Crippen LogP contribution is -2.50. The van der Waals surface area contributed by atoms with E-state index < -0.39 is 0 Å². The summed E-state index contributed by atoms with van der Waals surface area (Å²) in [6.45, 7) is 8.99. The molecule has 0 radical (unpaired) electrons. The van der Waals surface area contributed by atoms with Gasteiger partial charge in [0.05, 0.1) is 11.8 Å². The molecule has 1 aromatic rings. The van der Waals surface area contributed by atoms with Crippen molar-refractivity contribution in [3.05, 3.63) is 23.7 Å². The van der Waals surface area contributed by atoms with E-state index in [0.717, 1.165) is 43.8 Å². The zero-order valence-electron chi connectivity index (χ0n) is 12.1. The molecule has 4 nitrogen and oxygen atoms in total. The Labute approximate surface area is 115 Å². The van der Waals surface area contributed by atoms with Crippen LogP contribution in [0.2, 0.25) is 0 Å². The summed E-state index contributed by atoms with van der Waals surface area (Å²) >= 11 is 0. The Morgan fingerprint density at radius 3 is 2.95 bits per heavy atom. The van der Waals surface area contributed by atoms with Crippen molar-refractivity contribution in [2.75, 3.05) is 19.6 Å². The van der Waals surface area contributed by atoms with Crippen molar-refractivity contribution in [2.45, 2.75) is 39.7 Å². The standard InChI is InChI=1S/C15H24N2O2/c1-4-14-12(7-9-19-14)15(18)17-8-6-13(16-5-2)11(3)10-17/h7,9,11,13,16H,4-6,8,10H2,1-3H3. The Kier molecular flexibility index (Phi) is 4.64. The number of hydrogen-bond donors (Lipinski definition) is 1. The Morgan fingerprint density at radius 1 is 1.53 bits per heavy atom. The normalized spacial score (nSPS) is 23.6. The molecule has 2 rings (SSSR count). The number of carbonyl (C=O) groups is 1. The molecule has 2 heterocycles. The first-order valence-electron chi connectivity index (χ1n) is 7.26. The average molecular weight is 264 g/mol. The number of hydrogen-bond acceptors (Lipinski definition) is 3. The van der Waals surface area contributed by atoms with Crippen LogP contribution in [0.25, 0.3) is 0 Å². The monoisotopic (exact) mass is 264 g/mol. The van der Waals surface area contributed by atoms with Crippen LogP contribution in [-0.2, 0) is 6.42 Å². The van der Waals surface area contributed by atoms with Gasteiger partial charge in [0, 0.05) is 25.6 Å². The molecule has 1 aliphatic rings. The van der Waals surface area contributed by atoms with E-state index in [9.17, 15) is 4.79 Å².